The molecule has 2 heterocycles. The van der Waals surface area contributed by atoms with Gasteiger partial charge in [-0.05, 0) is 43.2 Å². The molecule has 1 N–H and O–H groups in total. The summed E-state index contributed by atoms with van der Waals surface area (Å²) in [5.41, 5.74) is 0.887. The number of anilines is 1. The molecule has 0 unspecified atom stereocenters. The number of pyridine rings is 1. The summed E-state index contributed by atoms with van der Waals surface area (Å²) in [4.78, 5) is 17.3. The molecular formula is C22H22ClN3O4S. The Bertz CT molecular complexity index is 1230. The lowest BCUT2D eigenvalue weighted by Gasteiger charge is -2.31. The first kappa shape index (κ1) is 21.5. The maximum Gasteiger partial charge on any atom is 0.245 e. The average Bonchev–Trinajstić information content (AvgIpc) is 2.79. The second kappa shape index (κ2) is 8.82. The molecule has 1 aromatic heterocycles. The smallest absolute Gasteiger partial charge is 0.245 e. The highest BCUT2D eigenvalue weighted by atomic mass is 35.5. The molecule has 0 spiro atoms. The number of hydrogen-bond donors (Lipinski definition) is 1. The number of hydrogen-bond acceptors (Lipinski definition) is 5. The van der Waals surface area contributed by atoms with E-state index in [1.165, 1.54) is 11.4 Å². The molecule has 0 aliphatic carbocycles. The van der Waals surface area contributed by atoms with E-state index in [1.807, 2.05) is 12.1 Å². The van der Waals surface area contributed by atoms with Crippen LogP contribution in [0.2, 0.25) is 5.02 Å². The Labute approximate surface area is 186 Å². The van der Waals surface area contributed by atoms with Crippen molar-refractivity contribution in [3.63, 3.8) is 0 Å². The molecular weight excluding hydrogens is 438 g/mol. The molecule has 0 radical (unpaired) electrons. The van der Waals surface area contributed by atoms with Gasteiger partial charge in [-0.25, -0.2) is 8.42 Å². The van der Waals surface area contributed by atoms with Crippen LogP contribution in [0.25, 0.3) is 10.9 Å². The number of para-hydroxylation sites is 1. The zero-order valence-electron chi connectivity index (χ0n) is 16.9. The van der Waals surface area contributed by atoms with Gasteiger partial charge in [-0.15, -0.1) is 0 Å². The first-order valence-corrected chi connectivity index (χ1v) is 11.7. The van der Waals surface area contributed by atoms with Gasteiger partial charge in [0.15, 0.2) is 0 Å². The number of fused-ring (bicyclic) bond motifs is 1. The summed E-state index contributed by atoms with van der Waals surface area (Å²) in [6, 6.07) is 13.6. The van der Waals surface area contributed by atoms with E-state index in [0.29, 0.717) is 41.4 Å². The van der Waals surface area contributed by atoms with Crippen LogP contribution in [0.15, 0.2) is 59.6 Å². The lowest BCUT2D eigenvalue weighted by molar-refractivity contribution is -0.120. The van der Waals surface area contributed by atoms with Gasteiger partial charge in [0.1, 0.15) is 10.6 Å². The number of carbonyl (C=O) groups excluding carboxylic acids is 1. The van der Waals surface area contributed by atoms with Crippen LogP contribution < -0.4 is 10.1 Å². The molecule has 31 heavy (non-hydrogen) atoms. The molecule has 1 aliphatic rings. The fourth-order valence-electron chi connectivity index (χ4n) is 3.81. The normalized spacial score (nSPS) is 17.4. The summed E-state index contributed by atoms with van der Waals surface area (Å²) in [5, 5.41) is 4.05. The van der Waals surface area contributed by atoms with Crippen molar-refractivity contribution in [1.29, 1.82) is 0 Å². The van der Waals surface area contributed by atoms with Crippen molar-refractivity contribution < 1.29 is 17.9 Å². The van der Waals surface area contributed by atoms with Gasteiger partial charge in [0.2, 0.25) is 15.9 Å². The predicted molar refractivity (Wildman–Crippen MR) is 120 cm³/mol. The highest BCUT2D eigenvalue weighted by molar-refractivity contribution is 7.89. The highest BCUT2D eigenvalue weighted by Crippen LogP contribution is 2.31. The summed E-state index contributed by atoms with van der Waals surface area (Å²) in [6.07, 6.45) is 2.75. The molecule has 1 atom stereocenters. The number of piperidine rings is 1. The summed E-state index contributed by atoms with van der Waals surface area (Å²) in [7, 11) is -2.30. The number of methoxy groups -OCH3 is 1. The third-order valence-corrected chi connectivity index (χ3v) is 7.52. The Hall–Kier alpha value is -2.68. The topological polar surface area (TPSA) is 88.6 Å². The van der Waals surface area contributed by atoms with E-state index in [0.717, 1.165) is 5.39 Å². The molecule has 3 aromatic rings. The van der Waals surface area contributed by atoms with Crippen molar-refractivity contribution in [3.8, 4) is 5.75 Å². The quantitative estimate of drug-likeness (QED) is 0.624. The van der Waals surface area contributed by atoms with E-state index in [1.54, 1.807) is 42.6 Å². The molecule has 1 aliphatic heterocycles. The zero-order valence-corrected chi connectivity index (χ0v) is 18.5. The fourth-order valence-corrected chi connectivity index (χ4v) is 5.67. The van der Waals surface area contributed by atoms with E-state index in [9.17, 15) is 13.2 Å². The van der Waals surface area contributed by atoms with Crippen LogP contribution in [0.1, 0.15) is 12.8 Å². The Morgan fingerprint density at radius 1 is 1.23 bits per heavy atom. The molecule has 1 amide bonds. The van der Waals surface area contributed by atoms with Gasteiger partial charge in [0.05, 0.1) is 24.2 Å². The van der Waals surface area contributed by atoms with E-state index in [2.05, 4.69) is 10.3 Å². The van der Waals surface area contributed by atoms with Gasteiger partial charge in [-0.2, -0.15) is 4.31 Å². The second-order valence-corrected chi connectivity index (χ2v) is 9.71. The Morgan fingerprint density at radius 2 is 2.03 bits per heavy atom. The van der Waals surface area contributed by atoms with Crippen molar-refractivity contribution in [2.75, 3.05) is 25.5 Å². The lowest BCUT2D eigenvalue weighted by atomic mass is 9.98. The van der Waals surface area contributed by atoms with Crippen molar-refractivity contribution >= 4 is 44.1 Å². The largest absolute Gasteiger partial charge is 0.495 e. The molecule has 9 heteroatoms. The zero-order chi connectivity index (χ0) is 22.0. The minimum absolute atomic E-state index is 0.0975. The lowest BCUT2D eigenvalue weighted by Crippen LogP contribution is -2.43. The van der Waals surface area contributed by atoms with Crippen LogP contribution in [-0.4, -0.2) is 43.8 Å². The summed E-state index contributed by atoms with van der Waals surface area (Å²) >= 11 is 6.04. The van der Waals surface area contributed by atoms with Gasteiger partial charge in [-0.3, -0.25) is 9.78 Å². The highest BCUT2D eigenvalue weighted by Gasteiger charge is 2.34. The van der Waals surface area contributed by atoms with Gasteiger partial charge in [-0.1, -0.05) is 29.8 Å². The maximum absolute atomic E-state index is 13.4. The summed E-state index contributed by atoms with van der Waals surface area (Å²) < 4.78 is 33.4. The molecule has 1 fully saturated rings. The maximum atomic E-state index is 13.4. The number of carbonyl (C=O) groups is 1. The van der Waals surface area contributed by atoms with Crippen LogP contribution in [0.3, 0.4) is 0 Å². The van der Waals surface area contributed by atoms with Gasteiger partial charge in [0, 0.05) is 29.7 Å². The number of benzene rings is 2. The van der Waals surface area contributed by atoms with E-state index in [-0.39, 0.29) is 17.3 Å². The minimum Gasteiger partial charge on any atom is -0.495 e. The van der Waals surface area contributed by atoms with E-state index in [4.69, 9.17) is 16.3 Å². The number of ether oxygens (including phenoxy) is 1. The van der Waals surface area contributed by atoms with Crippen LogP contribution >= 0.6 is 11.6 Å². The molecule has 4 rings (SSSR count). The van der Waals surface area contributed by atoms with Crippen LogP contribution in [0.5, 0.6) is 5.75 Å². The number of nitrogens with zero attached hydrogens (tertiary/aromatic N) is 2. The SMILES string of the molecule is COc1ccc(Cl)cc1NC(=O)[C@@H]1CCCN(S(=O)(=O)c2cccc3cccnc23)C1. The fraction of sp³-hybridized carbons (Fsp3) is 0.273. The van der Waals surface area contributed by atoms with Gasteiger partial charge in [0.25, 0.3) is 0 Å². The summed E-state index contributed by atoms with van der Waals surface area (Å²) in [5.74, 6) is -0.272. The van der Waals surface area contributed by atoms with E-state index < -0.39 is 15.9 Å². The molecule has 0 saturated carbocycles. The van der Waals surface area contributed by atoms with Crippen LogP contribution in [-0.2, 0) is 14.8 Å². The number of nitrogens with one attached hydrogen (secondary N) is 1. The van der Waals surface area contributed by atoms with Crippen molar-refractivity contribution in [2.24, 2.45) is 5.92 Å². The number of amides is 1. The average molecular weight is 460 g/mol. The Kier molecular flexibility index (Phi) is 6.13. The molecule has 162 valence electrons. The third kappa shape index (κ3) is 4.37. The molecule has 0 bridgehead atoms. The van der Waals surface area contributed by atoms with Crippen LogP contribution in [0, 0.1) is 5.92 Å². The first-order chi connectivity index (χ1) is 14.9. The second-order valence-electron chi connectivity index (χ2n) is 7.37. The molecule has 1 saturated heterocycles. The number of halogens is 1. The summed E-state index contributed by atoms with van der Waals surface area (Å²) in [6.45, 7) is 0.454. The van der Waals surface area contributed by atoms with Gasteiger partial charge < -0.3 is 10.1 Å². The predicted octanol–water partition coefficient (Wildman–Crippen LogP) is 3.94. The Balaban J connectivity index is 1.57. The van der Waals surface area contributed by atoms with Crippen molar-refractivity contribution in [3.05, 3.63) is 59.8 Å². The number of aromatic nitrogens is 1. The van der Waals surface area contributed by atoms with Crippen molar-refractivity contribution in [1.82, 2.24) is 9.29 Å². The number of sulfonamides is 1. The van der Waals surface area contributed by atoms with Crippen molar-refractivity contribution in [2.45, 2.75) is 17.7 Å². The van der Waals surface area contributed by atoms with E-state index >= 15 is 0 Å². The molecule has 7 nitrogen and oxygen atoms in total. The third-order valence-electron chi connectivity index (χ3n) is 5.39. The number of rotatable bonds is 5. The van der Waals surface area contributed by atoms with Crippen LogP contribution in [0.4, 0.5) is 5.69 Å². The monoisotopic (exact) mass is 459 g/mol. The standard InChI is InChI=1S/C22H22ClN3O4S/c1-30-19-10-9-17(23)13-18(19)25-22(27)16-7-4-12-26(14-16)31(28,29)20-8-2-5-15-6-3-11-24-21(15)20/h2-3,5-6,8-11,13,16H,4,7,12,14H2,1H3,(H,25,27)/t16-/m1/s1. The Morgan fingerprint density at radius 3 is 2.84 bits per heavy atom. The van der Waals surface area contributed by atoms with Gasteiger partial charge >= 0.3 is 0 Å². The minimum atomic E-state index is -3.80. The first-order valence-electron chi connectivity index (χ1n) is 9.88. The molecule has 2 aromatic carbocycles.